The molecule has 5 rings (SSSR count). The Morgan fingerprint density at radius 1 is 1.21 bits per heavy atom. The first-order valence-corrected chi connectivity index (χ1v) is 12.3. The first-order chi connectivity index (χ1) is 18.3. The summed E-state index contributed by atoms with van der Waals surface area (Å²) in [5, 5.41) is 17.6. The number of fused-ring (bicyclic) bond motifs is 2. The lowest BCUT2D eigenvalue weighted by molar-refractivity contribution is 0.0766. The van der Waals surface area contributed by atoms with Gasteiger partial charge in [-0.25, -0.2) is 4.39 Å². The highest BCUT2D eigenvalue weighted by atomic mass is 19.1. The van der Waals surface area contributed by atoms with Crippen molar-refractivity contribution in [1.82, 2.24) is 20.4 Å². The van der Waals surface area contributed by atoms with Crippen LogP contribution < -0.4 is 5.32 Å². The van der Waals surface area contributed by atoms with E-state index in [4.69, 9.17) is 5.26 Å². The van der Waals surface area contributed by atoms with Crippen molar-refractivity contribution in [3.63, 3.8) is 0 Å². The molecule has 196 valence electrons. The van der Waals surface area contributed by atoms with Crippen molar-refractivity contribution in [3.05, 3.63) is 76.0 Å². The van der Waals surface area contributed by atoms with Crippen molar-refractivity contribution < 1.29 is 14.0 Å². The maximum atomic E-state index is 13.0. The lowest BCUT2D eigenvalue weighted by Crippen LogP contribution is -2.25. The van der Waals surface area contributed by atoms with Crippen molar-refractivity contribution in [3.8, 4) is 30.2 Å². The van der Waals surface area contributed by atoms with Crippen molar-refractivity contribution in [2.24, 2.45) is 5.41 Å². The quantitative estimate of drug-likeness (QED) is 0.461. The van der Waals surface area contributed by atoms with Crippen LogP contribution >= 0.6 is 0 Å². The van der Waals surface area contributed by atoms with Crippen LogP contribution in [0.3, 0.4) is 0 Å². The van der Waals surface area contributed by atoms with Crippen molar-refractivity contribution >= 4 is 11.8 Å². The van der Waals surface area contributed by atoms with Gasteiger partial charge in [-0.15, -0.1) is 12.8 Å². The molecule has 0 unspecified atom stereocenters. The largest absolute Gasteiger partial charge is 0.349 e. The van der Waals surface area contributed by atoms with Gasteiger partial charge < -0.3 is 10.2 Å². The van der Waals surface area contributed by atoms with Crippen LogP contribution in [0.25, 0.3) is 11.3 Å². The van der Waals surface area contributed by atoms with Gasteiger partial charge in [-0.2, -0.15) is 10.4 Å². The van der Waals surface area contributed by atoms with Gasteiger partial charge in [0.2, 0.25) is 0 Å². The highest BCUT2D eigenvalue weighted by Crippen LogP contribution is 2.40. The molecule has 0 saturated carbocycles. The van der Waals surface area contributed by atoms with E-state index in [2.05, 4.69) is 48.3 Å². The molecule has 0 spiro atoms. The summed E-state index contributed by atoms with van der Waals surface area (Å²) in [6.07, 6.45) is 10.0. The third-order valence-corrected chi connectivity index (χ3v) is 6.49. The number of hydrogen-bond acceptors (Lipinski definition) is 4. The van der Waals surface area contributed by atoms with E-state index in [1.165, 1.54) is 18.2 Å². The third-order valence-electron chi connectivity index (χ3n) is 6.49. The summed E-state index contributed by atoms with van der Waals surface area (Å²) >= 11 is 0. The molecule has 8 heteroatoms. The van der Waals surface area contributed by atoms with Crippen LogP contribution in [0.1, 0.15) is 63.9 Å². The summed E-state index contributed by atoms with van der Waals surface area (Å²) in [5.41, 5.74) is 7.93. The Kier molecular flexibility index (Phi) is 9.04. The van der Waals surface area contributed by atoms with E-state index < -0.39 is 6.67 Å². The Hall–Kier alpha value is -4.43. The molecule has 2 heterocycles. The topological polar surface area (TPSA) is 102 Å². The summed E-state index contributed by atoms with van der Waals surface area (Å²) in [6, 6.07) is 14.8. The minimum absolute atomic E-state index is 0.00194. The highest BCUT2D eigenvalue weighted by molar-refractivity contribution is 5.99. The summed E-state index contributed by atoms with van der Waals surface area (Å²) in [4.78, 5) is 26.7. The molecule has 0 radical (unpaired) electrons. The number of nitrogens with one attached hydrogen (secondary N) is 2. The second-order valence-corrected chi connectivity index (χ2v) is 9.95. The molecule has 2 aliphatic rings. The molecule has 2 N–H and O–H groups in total. The van der Waals surface area contributed by atoms with E-state index in [1.807, 2.05) is 29.2 Å². The molecule has 1 aliphatic heterocycles. The Labute approximate surface area is 223 Å². The first-order valence-electron chi connectivity index (χ1n) is 12.3. The van der Waals surface area contributed by atoms with E-state index >= 15 is 0 Å². The average molecular weight is 514 g/mol. The molecular formula is C30H32FN5O2. The zero-order chi connectivity index (χ0) is 27.9. The number of amides is 2. The standard InChI is InChI=1S/C26H27FN4O2.C2H3N.C2H2/c1-26(2)12-21-22(13-26)29-30-23(21)18-7-8-20-19(11-18)15-31(25(20)33)14-16-3-5-17(6-4-16)24(32)28-10-9-27;1-2-3;1-2/h3-8,11H,9-10,12-15H2,1-2H3,(H,28,32)(H,29,30);1H3;1-2H. The van der Waals surface area contributed by atoms with Crippen LogP contribution in [-0.2, 0) is 25.9 Å². The molecule has 38 heavy (non-hydrogen) atoms. The number of aromatic amines is 1. The second kappa shape index (κ2) is 12.2. The number of nitrogens with zero attached hydrogens (tertiary/aromatic N) is 3. The van der Waals surface area contributed by atoms with Gasteiger partial charge in [-0.3, -0.25) is 14.7 Å². The maximum Gasteiger partial charge on any atom is 0.254 e. The van der Waals surface area contributed by atoms with E-state index in [0.29, 0.717) is 18.7 Å². The van der Waals surface area contributed by atoms with Crippen LogP contribution in [0, 0.1) is 29.6 Å². The molecule has 2 amide bonds. The van der Waals surface area contributed by atoms with Gasteiger partial charge in [0.05, 0.1) is 11.8 Å². The van der Waals surface area contributed by atoms with Gasteiger partial charge in [-0.05, 0) is 53.6 Å². The molecular weight excluding hydrogens is 481 g/mol. The number of alkyl halides is 1. The number of aromatic nitrogens is 2. The summed E-state index contributed by atoms with van der Waals surface area (Å²) < 4.78 is 12.2. The van der Waals surface area contributed by atoms with E-state index in [1.54, 1.807) is 18.2 Å². The molecule has 2 aromatic carbocycles. The summed E-state index contributed by atoms with van der Waals surface area (Å²) in [5.74, 6) is -0.292. The Morgan fingerprint density at radius 3 is 2.55 bits per heavy atom. The fraction of sp³-hybridized carbons (Fsp3) is 0.333. The predicted molar refractivity (Wildman–Crippen MR) is 145 cm³/mol. The molecule has 1 aromatic heterocycles. The number of carbonyl (C=O) groups excluding carboxylic acids is 2. The summed E-state index contributed by atoms with van der Waals surface area (Å²) in [7, 11) is 0. The van der Waals surface area contributed by atoms with Gasteiger partial charge >= 0.3 is 0 Å². The third kappa shape index (κ3) is 6.10. The number of nitriles is 1. The Bertz CT molecular complexity index is 1370. The van der Waals surface area contributed by atoms with Crippen LogP contribution in [0.5, 0.6) is 0 Å². The minimum atomic E-state index is -0.593. The van der Waals surface area contributed by atoms with Crippen molar-refractivity contribution in [2.45, 2.75) is 46.7 Å². The van der Waals surface area contributed by atoms with Gasteiger partial charge in [-0.1, -0.05) is 32.0 Å². The highest BCUT2D eigenvalue weighted by Gasteiger charge is 2.33. The van der Waals surface area contributed by atoms with Crippen LogP contribution in [0.15, 0.2) is 42.5 Å². The van der Waals surface area contributed by atoms with E-state index in [9.17, 15) is 14.0 Å². The zero-order valence-electron chi connectivity index (χ0n) is 22.0. The smallest absolute Gasteiger partial charge is 0.254 e. The fourth-order valence-electron chi connectivity index (χ4n) is 4.90. The van der Waals surface area contributed by atoms with E-state index in [-0.39, 0.29) is 23.8 Å². The average Bonchev–Trinajstić information content (AvgIpc) is 3.53. The lowest BCUT2D eigenvalue weighted by atomic mass is 9.90. The molecule has 0 saturated heterocycles. The van der Waals surface area contributed by atoms with Crippen LogP contribution in [0.4, 0.5) is 4.39 Å². The molecule has 3 aromatic rings. The van der Waals surface area contributed by atoms with Gasteiger partial charge in [0, 0.05) is 54.5 Å². The number of H-pyrrole nitrogens is 1. The second-order valence-electron chi connectivity index (χ2n) is 9.95. The number of halogens is 1. The first kappa shape index (κ1) is 28.1. The van der Waals surface area contributed by atoms with Gasteiger partial charge in [0.1, 0.15) is 6.67 Å². The fourth-order valence-corrected chi connectivity index (χ4v) is 4.90. The molecule has 0 atom stereocenters. The number of terminal acetylenes is 1. The molecule has 0 bridgehead atoms. The normalized spacial score (nSPS) is 14.2. The number of rotatable bonds is 6. The monoisotopic (exact) mass is 513 g/mol. The number of benzene rings is 2. The van der Waals surface area contributed by atoms with Gasteiger partial charge in [0.15, 0.2) is 0 Å². The Balaban J connectivity index is 0.000000748. The number of carbonyl (C=O) groups is 2. The minimum Gasteiger partial charge on any atom is -0.349 e. The molecule has 7 nitrogen and oxygen atoms in total. The SMILES string of the molecule is C#C.CC#N.CC1(C)Cc2[nH]nc(-c3ccc4c(c3)CN(Cc3ccc(C(=O)NCCF)cc3)C4=O)c2C1. The maximum absolute atomic E-state index is 13.0. The van der Waals surface area contributed by atoms with Crippen molar-refractivity contribution in [1.29, 1.82) is 5.26 Å². The Morgan fingerprint density at radius 2 is 1.89 bits per heavy atom. The zero-order valence-corrected chi connectivity index (χ0v) is 22.0. The van der Waals surface area contributed by atoms with E-state index in [0.717, 1.165) is 40.8 Å². The molecule has 0 fully saturated rings. The molecule has 1 aliphatic carbocycles. The lowest BCUT2D eigenvalue weighted by Gasteiger charge is -2.16. The summed E-state index contributed by atoms with van der Waals surface area (Å²) in [6.45, 7) is 6.38. The number of hydrogen-bond donors (Lipinski definition) is 2. The predicted octanol–water partition coefficient (Wildman–Crippen LogP) is 4.84. The van der Waals surface area contributed by atoms with Crippen LogP contribution in [0.2, 0.25) is 0 Å². The van der Waals surface area contributed by atoms with Gasteiger partial charge in [0.25, 0.3) is 11.8 Å². The van der Waals surface area contributed by atoms with Crippen LogP contribution in [-0.4, -0.2) is 40.1 Å². The van der Waals surface area contributed by atoms with Crippen molar-refractivity contribution in [2.75, 3.05) is 13.2 Å².